The van der Waals surface area contributed by atoms with Crippen molar-refractivity contribution in [3.05, 3.63) is 0 Å². The lowest BCUT2D eigenvalue weighted by Gasteiger charge is -2.26. The molecular weight excluding hydrogens is 292 g/mol. The quantitative estimate of drug-likeness (QED) is 0.450. The van der Waals surface area contributed by atoms with Gasteiger partial charge in [0, 0.05) is 26.9 Å². The Morgan fingerprint density at radius 3 is 2.33 bits per heavy atom. The summed E-state index contributed by atoms with van der Waals surface area (Å²) in [6.45, 7) is 7.88. The first-order chi connectivity index (χ1) is 9.97. The molecule has 7 nitrogen and oxygen atoms in total. The van der Waals surface area contributed by atoms with Crippen molar-refractivity contribution in [1.29, 1.82) is 0 Å². The third kappa shape index (κ3) is 5.06. The summed E-state index contributed by atoms with van der Waals surface area (Å²) in [4.78, 5) is 26.4. The van der Waals surface area contributed by atoms with Crippen LogP contribution in [0.2, 0.25) is 12.6 Å². The Kier molecular flexibility index (Phi) is 7.30. The zero-order valence-electron chi connectivity index (χ0n) is 13.4. The third-order valence-corrected chi connectivity index (χ3v) is 6.41. The normalized spacial score (nSPS) is 16.2. The molecule has 0 N–H and O–H groups in total. The van der Waals surface area contributed by atoms with Crippen molar-refractivity contribution >= 4 is 20.5 Å². The highest BCUT2D eigenvalue weighted by Gasteiger charge is 2.36. The number of rotatable bonds is 10. The zero-order chi connectivity index (χ0) is 15.9. The number of amides is 3. The molecule has 1 aliphatic rings. The molecule has 0 atom stereocenters. The smallest absolute Gasteiger partial charge is 0.334 e. The molecule has 0 spiro atoms. The van der Waals surface area contributed by atoms with Crippen LogP contribution in [-0.4, -0.2) is 70.4 Å². The van der Waals surface area contributed by atoms with E-state index in [0.717, 1.165) is 17.4 Å². The fourth-order valence-electron chi connectivity index (χ4n) is 2.41. The standard InChI is InChI=1S/C13H26N2O5Si/c1-5-19-21(4,20-6-2)9-7-8-14-10-12(16)15(11-18-3)13(14)17/h5-11H2,1-4H3. The Morgan fingerprint density at radius 1 is 1.19 bits per heavy atom. The highest BCUT2D eigenvalue weighted by Crippen LogP contribution is 2.18. The van der Waals surface area contributed by atoms with E-state index in [0.29, 0.717) is 19.8 Å². The summed E-state index contributed by atoms with van der Waals surface area (Å²) in [6, 6.07) is 0.523. The van der Waals surface area contributed by atoms with E-state index in [2.05, 4.69) is 0 Å². The van der Waals surface area contributed by atoms with Gasteiger partial charge in [0.2, 0.25) is 0 Å². The second-order valence-electron chi connectivity index (χ2n) is 5.05. The average Bonchev–Trinajstić information content (AvgIpc) is 2.67. The first-order valence-corrected chi connectivity index (χ1v) is 9.86. The molecule has 3 amide bonds. The van der Waals surface area contributed by atoms with Crippen LogP contribution in [0.25, 0.3) is 0 Å². The molecule has 1 aliphatic heterocycles. The van der Waals surface area contributed by atoms with Crippen LogP contribution in [0.1, 0.15) is 20.3 Å². The second-order valence-corrected chi connectivity index (χ2v) is 8.39. The molecular formula is C13H26N2O5Si. The van der Waals surface area contributed by atoms with Crippen molar-refractivity contribution in [3.63, 3.8) is 0 Å². The lowest BCUT2D eigenvalue weighted by molar-refractivity contribution is -0.128. The largest absolute Gasteiger partial charge is 0.395 e. The first kappa shape index (κ1) is 18.1. The summed E-state index contributed by atoms with van der Waals surface area (Å²) in [5.41, 5.74) is 0. The molecule has 0 unspecified atom stereocenters. The lowest BCUT2D eigenvalue weighted by atomic mass is 10.4. The van der Waals surface area contributed by atoms with E-state index in [4.69, 9.17) is 13.6 Å². The summed E-state index contributed by atoms with van der Waals surface area (Å²) < 4.78 is 16.4. The van der Waals surface area contributed by atoms with Crippen LogP contribution in [0.5, 0.6) is 0 Å². The van der Waals surface area contributed by atoms with Gasteiger partial charge in [0.1, 0.15) is 13.3 Å². The van der Waals surface area contributed by atoms with Gasteiger partial charge in [0.25, 0.3) is 5.91 Å². The van der Waals surface area contributed by atoms with Crippen molar-refractivity contribution < 1.29 is 23.2 Å². The van der Waals surface area contributed by atoms with E-state index in [9.17, 15) is 9.59 Å². The van der Waals surface area contributed by atoms with Crippen LogP contribution in [0.4, 0.5) is 4.79 Å². The third-order valence-electron chi connectivity index (χ3n) is 3.35. The SMILES string of the molecule is CCO[Si](C)(CCCN1CC(=O)N(COC)C1=O)OCC. The van der Waals surface area contributed by atoms with Gasteiger partial charge in [-0.2, -0.15) is 0 Å². The monoisotopic (exact) mass is 318 g/mol. The molecule has 1 fully saturated rings. The number of methoxy groups -OCH3 is 1. The molecule has 0 saturated carbocycles. The van der Waals surface area contributed by atoms with E-state index in [1.165, 1.54) is 7.11 Å². The minimum atomic E-state index is -2.15. The van der Waals surface area contributed by atoms with Crippen LogP contribution >= 0.6 is 0 Å². The fourth-order valence-corrected chi connectivity index (χ4v) is 4.81. The fraction of sp³-hybridized carbons (Fsp3) is 0.846. The summed E-state index contributed by atoms with van der Waals surface area (Å²) in [7, 11) is -0.691. The number of nitrogens with zero attached hydrogens (tertiary/aromatic N) is 2. The summed E-state index contributed by atoms with van der Waals surface area (Å²) in [6.07, 6.45) is 0.766. The number of ether oxygens (including phenoxy) is 1. The van der Waals surface area contributed by atoms with Crippen molar-refractivity contribution in [2.45, 2.75) is 32.9 Å². The van der Waals surface area contributed by atoms with E-state index in [-0.39, 0.29) is 25.2 Å². The molecule has 0 aromatic carbocycles. The minimum absolute atomic E-state index is 0.0124. The maximum Gasteiger partial charge on any atom is 0.334 e. The van der Waals surface area contributed by atoms with Gasteiger partial charge in [-0.15, -0.1) is 0 Å². The predicted molar refractivity (Wildman–Crippen MR) is 80.0 cm³/mol. The molecule has 21 heavy (non-hydrogen) atoms. The zero-order valence-corrected chi connectivity index (χ0v) is 14.4. The van der Waals surface area contributed by atoms with E-state index in [1.807, 2.05) is 20.4 Å². The minimum Gasteiger partial charge on any atom is -0.395 e. The number of hydrogen-bond donors (Lipinski definition) is 0. The molecule has 122 valence electrons. The maximum absolute atomic E-state index is 12.0. The highest BCUT2D eigenvalue weighted by atomic mass is 28.4. The van der Waals surface area contributed by atoms with Gasteiger partial charge in [0.15, 0.2) is 0 Å². The van der Waals surface area contributed by atoms with Crippen molar-refractivity contribution in [3.8, 4) is 0 Å². The van der Waals surface area contributed by atoms with E-state index >= 15 is 0 Å². The van der Waals surface area contributed by atoms with Gasteiger partial charge in [-0.25, -0.2) is 9.69 Å². The molecule has 8 heteroatoms. The Bertz CT molecular complexity index is 360. The lowest BCUT2D eigenvalue weighted by Crippen LogP contribution is -2.40. The van der Waals surface area contributed by atoms with Crippen molar-refractivity contribution in [2.24, 2.45) is 0 Å². The Hall–Kier alpha value is -0.963. The van der Waals surface area contributed by atoms with Crippen LogP contribution in [0.3, 0.4) is 0 Å². The molecule has 1 heterocycles. The molecule has 1 rings (SSSR count). The summed E-state index contributed by atoms with van der Waals surface area (Å²) in [5, 5.41) is 0. The van der Waals surface area contributed by atoms with Gasteiger partial charge < -0.3 is 18.5 Å². The Balaban J connectivity index is 2.45. The van der Waals surface area contributed by atoms with Gasteiger partial charge in [0.05, 0.1) is 0 Å². The van der Waals surface area contributed by atoms with E-state index in [1.54, 1.807) is 4.90 Å². The number of imide groups is 1. The Labute approximate surface area is 127 Å². The number of carbonyl (C=O) groups excluding carboxylic acids is 2. The van der Waals surface area contributed by atoms with Crippen molar-refractivity contribution in [2.75, 3.05) is 40.1 Å². The average molecular weight is 318 g/mol. The van der Waals surface area contributed by atoms with E-state index < -0.39 is 8.56 Å². The van der Waals surface area contributed by atoms with Crippen LogP contribution in [0, 0.1) is 0 Å². The summed E-state index contributed by atoms with van der Waals surface area (Å²) >= 11 is 0. The second kappa shape index (κ2) is 8.47. The molecule has 0 radical (unpaired) electrons. The van der Waals surface area contributed by atoms with Crippen LogP contribution < -0.4 is 0 Å². The van der Waals surface area contributed by atoms with Gasteiger partial charge >= 0.3 is 14.6 Å². The molecule has 0 aliphatic carbocycles. The van der Waals surface area contributed by atoms with Gasteiger partial charge in [-0.1, -0.05) is 0 Å². The van der Waals surface area contributed by atoms with Gasteiger partial charge in [-0.3, -0.25) is 4.79 Å². The molecule has 0 aromatic rings. The summed E-state index contributed by atoms with van der Waals surface area (Å²) in [5.74, 6) is -0.212. The number of carbonyl (C=O) groups is 2. The van der Waals surface area contributed by atoms with Crippen molar-refractivity contribution in [1.82, 2.24) is 9.80 Å². The number of hydrogen-bond acceptors (Lipinski definition) is 5. The van der Waals surface area contributed by atoms with Crippen LogP contribution in [0.15, 0.2) is 0 Å². The van der Waals surface area contributed by atoms with Crippen LogP contribution in [-0.2, 0) is 18.4 Å². The molecule has 0 aromatic heterocycles. The predicted octanol–water partition coefficient (Wildman–Crippen LogP) is 1.39. The molecule has 0 bridgehead atoms. The highest BCUT2D eigenvalue weighted by molar-refractivity contribution is 6.66. The topological polar surface area (TPSA) is 68.3 Å². The Morgan fingerprint density at radius 2 is 1.81 bits per heavy atom. The van der Waals surface area contributed by atoms with Gasteiger partial charge in [-0.05, 0) is 32.9 Å². The molecule has 1 saturated heterocycles. The maximum atomic E-state index is 12.0. The first-order valence-electron chi connectivity index (χ1n) is 7.33. The number of urea groups is 1.